The van der Waals surface area contributed by atoms with Crippen LogP contribution in [0.1, 0.15) is 33.6 Å². The summed E-state index contributed by atoms with van der Waals surface area (Å²) < 4.78 is 11.7. The molecule has 1 aromatic heterocycles. The molecule has 5 rings (SSSR count). The quantitative estimate of drug-likeness (QED) is 0.674. The summed E-state index contributed by atoms with van der Waals surface area (Å²) >= 11 is 0. The maximum absolute atomic E-state index is 13.0. The fourth-order valence-corrected chi connectivity index (χ4v) is 5.06. The van der Waals surface area contributed by atoms with Crippen molar-refractivity contribution >= 4 is 12.0 Å². The number of ether oxygens (including phenoxy) is 2. The molecule has 4 atom stereocenters. The van der Waals surface area contributed by atoms with Crippen LogP contribution in [0.4, 0.5) is 4.79 Å². The Balaban J connectivity index is 1.12. The van der Waals surface area contributed by atoms with Gasteiger partial charge in [-0.2, -0.15) is 0 Å². The Hall–Kier alpha value is -3.46. The maximum Gasteiger partial charge on any atom is 0.338 e. The zero-order valence-electron chi connectivity index (χ0n) is 20.3. The van der Waals surface area contributed by atoms with Crippen LogP contribution in [0.2, 0.25) is 0 Å². The van der Waals surface area contributed by atoms with E-state index in [0.717, 1.165) is 29.8 Å². The minimum atomic E-state index is -0.656. The molecular weight excluding hydrogens is 446 g/mol. The molecule has 2 unspecified atom stereocenters. The highest BCUT2D eigenvalue weighted by Gasteiger charge is 2.44. The fourth-order valence-electron chi connectivity index (χ4n) is 5.06. The van der Waals surface area contributed by atoms with E-state index in [2.05, 4.69) is 15.4 Å². The van der Waals surface area contributed by atoms with Crippen LogP contribution < -0.4 is 10.2 Å². The van der Waals surface area contributed by atoms with Crippen LogP contribution in [0.25, 0.3) is 11.3 Å². The lowest BCUT2D eigenvalue weighted by atomic mass is 10.0. The molecule has 2 aliphatic heterocycles. The standard InChI is InChI=1S/C26H31N5O4/c1-26(2,3)35-24(32)23-8-10-31(29-23)25(33)30-14-18-12-21(13-19(18)15-30)34-20-6-4-5-17(11-20)22-7-9-27-16-28-22/h4-11,16,18-19,21,23,29H,12-15H2,1-3H3/t18-,19+,21?,23?. The summed E-state index contributed by atoms with van der Waals surface area (Å²) in [6.07, 6.45) is 8.49. The zero-order valence-corrected chi connectivity index (χ0v) is 20.3. The lowest BCUT2D eigenvalue weighted by Crippen LogP contribution is -2.49. The number of amides is 2. The third kappa shape index (κ3) is 5.30. The van der Waals surface area contributed by atoms with E-state index in [1.165, 1.54) is 5.01 Å². The van der Waals surface area contributed by atoms with Crippen molar-refractivity contribution in [3.63, 3.8) is 0 Å². The van der Waals surface area contributed by atoms with Crippen LogP contribution in [0.15, 0.2) is 55.1 Å². The van der Waals surface area contributed by atoms with E-state index in [-0.39, 0.29) is 12.1 Å². The van der Waals surface area contributed by atoms with Gasteiger partial charge >= 0.3 is 12.0 Å². The molecular formula is C26H31N5O4. The third-order valence-electron chi connectivity index (χ3n) is 6.57. The van der Waals surface area contributed by atoms with Crippen molar-refractivity contribution in [2.45, 2.75) is 51.4 Å². The van der Waals surface area contributed by atoms with Crippen LogP contribution >= 0.6 is 0 Å². The lowest BCUT2D eigenvalue weighted by molar-refractivity contribution is -0.156. The Morgan fingerprint density at radius 1 is 1.11 bits per heavy atom. The van der Waals surface area contributed by atoms with Crippen LogP contribution in [0.5, 0.6) is 5.75 Å². The average molecular weight is 478 g/mol. The number of hydrazine groups is 1. The van der Waals surface area contributed by atoms with Crippen molar-refractivity contribution in [3.05, 3.63) is 55.1 Å². The number of rotatable bonds is 4. The van der Waals surface area contributed by atoms with Crippen LogP contribution in [0, 0.1) is 11.8 Å². The Bertz CT molecular complexity index is 1100. The van der Waals surface area contributed by atoms with Gasteiger partial charge in [-0.3, -0.25) is 0 Å². The normalized spacial score (nSPS) is 25.6. The molecule has 0 radical (unpaired) electrons. The predicted octanol–water partition coefficient (Wildman–Crippen LogP) is 3.40. The third-order valence-corrected chi connectivity index (χ3v) is 6.57. The first kappa shape index (κ1) is 23.3. The van der Waals surface area contributed by atoms with Crippen molar-refractivity contribution in [3.8, 4) is 17.0 Å². The summed E-state index contributed by atoms with van der Waals surface area (Å²) in [6, 6.07) is 9.05. The predicted molar refractivity (Wildman–Crippen MR) is 129 cm³/mol. The van der Waals surface area contributed by atoms with Crippen molar-refractivity contribution < 1.29 is 19.1 Å². The summed E-state index contributed by atoms with van der Waals surface area (Å²) in [5.41, 5.74) is 4.22. The van der Waals surface area contributed by atoms with E-state index in [9.17, 15) is 9.59 Å². The monoisotopic (exact) mass is 477 g/mol. The molecule has 9 heteroatoms. The van der Waals surface area contributed by atoms with Gasteiger partial charge in [-0.25, -0.2) is 30.0 Å². The molecule has 3 heterocycles. The van der Waals surface area contributed by atoms with E-state index < -0.39 is 17.6 Å². The molecule has 1 saturated heterocycles. The van der Waals surface area contributed by atoms with Gasteiger partial charge < -0.3 is 14.4 Å². The zero-order chi connectivity index (χ0) is 24.6. The van der Waals surface area contributed by atoms with Crippen molar-refractivity contribution in [1.29, 1.82) is 0 Å². The molecule has 0 spiro atoms. The smallest absolute Gasteiger partial charge is 0.338 e. The van der Waals surface area contributed by atoms with Gasteiger partial charge in [0.1, 0.15) is 23.7 Å². The average Bonchev–Trinajstić information content (AvgIpc) is 3.54. The molecule has 35 heavy (non-hydrogen) atoms. The van der Waals surface area contributed by atoms with Gasteiger partial charge in [0.2, 0.25) is 0 Å². The number of aromatic nitrogens is 2. The molecule has 3 aliphatic rings. The minimum Gasteiger partial charge on any atom is -0.490 e. The number of benzene rings is 1. The molecule has 1 saturated carbocycles. The molecule has 2 fully saturated rings. The summed E-state index contributed by atoms with van der Waals surface area (Å²) in [5, 5.41) is 1.39. The molecule has 9 nitrogen and oxygen atoms in total. The number of fused-ring (bicyclic) bond motifs is 1. The molecule has 0 bridgehead atoms. The largest absolute Gasteiger partial charge is 0.490 e. The summed E-state index contributed by atoms with van der Waals surface area (Å²) in [7, 11) is 0. The first-order valence-electron chi connectivity index (χ1n) is 12.0. The van der Waals surface area contributed by atoms with E-state index in [0.29, 0.717) is 24.9 Å². The highest BCUT2D eigenvalue weighted by Crippen LogP contribution is 2.40. The number of carbonyl (C=O) groups is 2. The summed E-state index contributed by atoms with van der Waals surface area (Å²) in [5.74, 6) is 1.24. The second-order valence-corrected chi connectivity index (χ2v) is 10.4. The lowest BCUT2D eigenvalue weighted by Gasteiger charge is -2.26. The number of carbonyl (C=O) groups excluding carboxylic acids is 2. The second kappa shape index (κ2) is 9.30. The summed E-state index contributed by atoms with van der Waals surface area (Å²) in [6.45, 7) is 6.84. The Kier molecular flexibility index (Phi) is 6.19. The van der Waals surface area contributed by atoms with E-state index in [4.69, 9.17) is 9.47 Å². The number of hydrogen-bond donors (Lipinski definition) is 1. The van der Waals surface area contributed by atoms with Crippen molar-refractivity contribution in [2.75, 3.05) is 13.1 Å². The Morgan fingerprint density at radius 3 is 2.57 bits per heavy atom. The number of urea groups is 1. The molecule has 2 aromatic rings. The Morgan fingerprint density at radius 2 is 1.89 bits per heavy atom. The number of likely N-dealkylation sites (tertiary alicyclic amines) is 1. The number of nitrogens with zero attached hydrogens (tertiary/aromatic N) is 4. The maximum atomic E-state index is 13.0. The van der Waals surface area contributed by atoms with Crippen LogP contribution in [-0.2, 0) is 9.53 Å². The second-order valence-electron chi connectivity index (χ2n) is 10.4. The van der Waals surface area contributed by atoms with Crippen molar-refractivity contribution in [2.24, 2.45) is 11.8 Å². The van der Waals surface area contributed by atoms with Gasteiger partial charge in [0.15, 0.2) is 0 Å². The number of hydrogen-bond acceptors (Lipinski definition) is 7. The van der Waals surface area contributed by atoms with E-state index in [1.807, 2.05) is 56.0 Å². The van der Waals surface area contributed by atoms with Gasteiger partial charge in [-0.15, -0.1) is 0 Å². The molecule has 184 valence electrons. The van der Waals surface area contributed by atoms with Crippen LogP contribution in [-0.4, -0.2) is 62.7 Å². The van der Waals surface area contributed by atoms with E-state index in [1.54, 1.807) is 24.8 Å². The number of nitrogens with one attached hydrogen (secondary N) is 1. The highest BCUT2D eigenvalue weighted by molar-refractivity contribution is 5.82. The summed E-state index contributed by atoms with van der Waals surface area (Å²) in [4.78, 5) is 35.5. The SMILES string of the molecule is CC(C)(C)OC(=O)C1C=CN(C(=O)N2C[C@H]3CC(Oc4cccc(-c5ccncn5)c4)C[C@H]3C2)N1. The van der Waals surface area contributed by atoms with Gasteiger partial charge in [0.05, 0.1) is 11.8 Å². The topological polar surface area (TPSA) is 96.9 Å². The molecule has 2 amide bonds. The first-order chi connectivity index (χ1) is 16.7. The molecule has 1 aromatic carbocycles. The Labute approximate surface area is 205 Å². The highest BCUT2D eigenvalue weighted by atomic mass is 16.6. The van der Waals surface area contributed by atoms with Crippen molar-refractivity contribution in [1.82, 2.24) is 25.3 Å². The van der Waals surface area contributed by atoms with Gasteiger partial charge in [0, 0.05) is 31.0 Å². The van der Waals surface area contributed by atoms with Gasteiger partial charge in [-0.1, -0.05) is 12.1 Å². The fraction of sp³-hybridized carbons (Fsp3) is 0.462. The van der Waals surface area contributed by atoms with Gasteiger partial charge in [-0.05, 0) is 69.7 Å². The van der Waals surface area contributed by atoms with Crippen LogP contribution in [0.3, 0.4) is 0 Å². The first-order valence-corrected chi connectivity index (χ1v) is 12.0. The van der Waals surface area contributed by atoms with E-state index >= 15 is 0 Å². The molecule has 1 aliphatic carbocycles. The van der Waals surface area contributed by atoms with Gasteiger partial charge in [0.25, 0.3) is 0 Å². The number of esters is 1. The molecule has 1 N–H and O–H groups in total. The minimum absolute atomic E-state index is 0.129.